The molecule has 1 aliphatic rings. The van der Waals surface area contributed by atoms with Crippen LogP contribution in [0.2, 0.25) is 0 Å². The highest BCUT2D eigenvalue weighted by Crippen LogP contribution is 2.43. The minimum atomic E-state index is 0.238. The van der Waals surface area contributed by atoms with Crippen LogP contribution in [0.1, 0.15) is 49.8 Å². The van der Waals surface area contributed by atoms with Crippen molar-refractivity contribution in [3.63, 3.8) is 0 Å². The van der Waals surface area contributed by atoms with E-state index in [2.05, 4.69) is 69.5 Å². The van der Waals surface area contributed by atoms with Gasteiger partial charge in [-0.2, -0.15) is 0 Å². The van der Waals surface area contributed by atoms with Crippen LogP contribution < -0.4 is 5.32 Å². The fraction of sp³-hybridized carbons (Fsp3) is 0.667. The zero-order valence-electron chi connectivity index (χ0n) is 13.7. The molecule has 0 heterocycles. The van der Waals surface area contributed by atoms with E-state index in [-0.39, 0.29) is 5.54 Å². The van der Waals surface area contributed by atoms with Crippen molar-refractivity contribution in [2.75, 3.05) is 21.1 Å². The summed E-state index contributed by atoms with van der Waals surface area (Å²) in [5, 5.41) is 3.61. The predicted molar refractivity (Wildman–Crippen MR) is 87.0 cm³/mol. The Bertz CT molecular complexity index is 424. The summed E-state index contributed by atoms with van der Waals surface area (Å²) in [6, 6.07) is 9.45. The van der Waals surface area contributed by atoms with E-state index in [0.717, 1.165) is 5.92 Å². The summed E-state index contributed by atoms with van der Waals surface area (Å²) in [6.07, 6.45) is 5.27. The summed E-state index contributed by atoms with van der Waals surface area (Å²) in [7, 11) is 6.60. The molecule has 0 aromatic heterocycles. The number of nitrogens with zero attached hydrogens (tertiary/aromatic N) is 1. The highest BCUT2D eigenvalue weighted by atomic mass is 15.2. The second-order valence-electron chi connectivity index (χ2n) is 6.83. The van der Waals surface area contributed by atoms with Gasteiger partial charge in [0, 0.05) is 5.54 Å². The Balaban J connectivity index is 2.37. The van der Waals surface area contributed by atoms with Crippen LogP contribution >= 0.6 is 0 Å². The predicted octanol–water partition coefficient (Wildman–Crippen LogP) is 3.77. The molecule has 1 fully saturated rings. The summed E-state index contributed by atoms with van der Waals surface area (Å²) in [4.78, 5) is 2.46. The van der Waals surface area contributed by atoms with Gasteiger partial charge in [0.25, 0.3) is 0 Å². The minimum absolute atomic E-state index is 0.238. The van der Waals surface area contributed by atoms with Gasteiger partial charge in [-0.15, -0.1) is 0 Å². The maximum Gasteiger partial charge on any atom is 0.0504 e. The fourth-order valence-corrected chi connectivity index (χ4v) is 4.00. The average Bonchev–Trinajstić information content (AvgIpc) is 2.41. The molecule has 1 aliphatic carbocycles. The highest BCUT2D eigenvalue weighted by molar-refractivity contribution is 5.27. The van der Waals surface area contributed by atoms with Crippen LogP contribution in [-0.4, -0.2) is 31.6 Å². The fourth-order valence-electron chi connectivity index (χ4n) is 4.00. The molecule has 2 rings (SSSR count). The number of hydrogen-bond donors (Lipinski definition) is 1. The Morgan fingerprint density at radius 1 is 1.25 bits per heavy atom. The Hall–Kier alpha value is -0.860. The van der Waals surface area contributed by atoms with Gasteiger partial charge < -0.3 is 10.2 Å². The van der Waals surface area contributed by atoms with E-state index in [1.807, 2.05) is 0 Å². The smallest absolute Gasteiger partial charge is 0.0504 e. The standard InChI is InChI=1S/C18H30N2/c1-14-8-10-16(11-9-14)17(19-3)18(20(4)5)12-6-7-15(2)13-18/h8-11,15,17,19H,6-7,12-13H2,1-5H3. The number of hydrogen-bond acceptors (Lipinski definition) is 2. The lowest BCUT2D eigenvalue weighted by Gasteiger charge is -2.50. The first-order chi connectivity index (χ1) is 9.49. The molecule has 3 unspecified atom stereocenters. The number of benzene rings is 1. The van der Waals surface area contributed by atoms with Crippen molar-refractivity contribution < 1.29 is 0 Å². The van der Waals surface area contributed by atoms with Gasteiger partial charge in [0.2, 0.25) is 0 Å². The quantitative estimate of drug-likeness (QED) is 0.899. The minimum Gasteiger partial charge on any atom is -0.311 e. The third-order valence-electron chi connectivity index (χ3n) is 5.14. The molecule has 1 saturated carbocycles. The van der Waals surface area contributed by atoms with Crippen LogP contribution in [0.4, 0.5) is 0 Å². The van der Waals surface area contributed by atoms with Gasteiger partial charge in [-0.25, -0.2) is 0 Å². The summed E-state index contributed by atoms with van der Waals surface area (Å²) >= 11 is 0. The molecular weight excluding hydrogens is 244 g/mol. The van der Waals surface area contributed by atoms with Gasteiger partial charge in [-0.1, -0.05) is 49.6 Å². The van der Waals surface area contributed by atoms with Crippen molar-refractivity contribution in [3.05, 3.63) is 35.4 Å². The molecule has 0 saturated heterocycles. The molecule has 112 valence electrons. The van der Waals surface area contributed by atoms with E-state index in [1.165, 1.54) is 36.8 Å². The van der Waals surface area contributed by atoms with Crippen LogP contribution in [0.25, 0.3) is 0 Å². The lowest BCUT2D eigenvalue weighted by Crippen LogP contribution is -2.55. The Morgan fingerprint density at radius 3 is 2.40 bits per heavy atom. The van der Waals surface area contributed by atoms with E-state index < -0.39 is 0 Å². The van der Waals surface area contributed by atoms with E-state index in [9.17, 15) is 0 Å². The summed E-state index contributed by atoms with van der Waals surface area (Å²) in [6.45, 7) is 4.56. The summed E-state index contributed by atoms with van der Waals surface area (Å²) < 4.78 is 0. The van der Waals surface area contributed by atoms with Crippen molar-refractivity contribution in [2.45, 2.75) is 51.1 Å². The van der Waals surface area contributed by atoms with Gasteiger partial charge in [0.1, 0.15) is 0 Å². The molecule has 0 amide bonds. The zero-order valence-corrected chi connectivity index (χ0v) is 13.7. The SMILES string of the molecule is CNC(c1ccc(C)cc1)C1(N(C)C)CCCC(C)C1. The molecule has 2 heteroatoms. The molecule has 0 radical (unpaired) electrons. The molecule has 0 bridgehead atoms. The molecule has 1 aromatic carbocycles. The summed E-state index contributed by atoms with van der Waals surface area (Å²) in [5.41, 5.74) is 2.99. The third kappa shape index (κ3) is 2.91. The van der Waals surface area contributed by atoms with Gasteiger partial charge in [0.05, 0.1) is 6.04 Å². The third-order valence-corrected chi connectivity index (χ3v) is 5.14. The van der Waals surface area contributed by atoms with E-state index in [0.29, 0.717) is 6.04 Å². The van der Waals surface area contributed by atoms with Crippen LogP contribution in [0.5, 0.6) is 0 Å². The Labute approximate surface area is 124 Å². The number of aryl methyl sites for hydroxylation is 1. The van der Waals surface area contributed by atoms with Crippen LogP contribution in [0, 0.1) is 12.8 Å². The van der Waals surface area contributed by atoms with E-state index >= 15 is 0 Å². The van der Waals surface area contributed by atoms with Gasteiger partial charge in [-0.05, 0) is 52.4 Å². The molecule has 0 spiro atoms. The monoisotopic (exact) mass is 274 g/mol. The number of likely N-dealkylation sites (N-methyl/N-ethyl adjacent to an activating group) is 2. The first kappa shape index (κ1) is 15.5. The Kier molecular flexibility index (Phi) is 4.87. The normalized spacial score (nSPS) is 28.6. The maximum atomic E-state index is 3.61. The number of nitrogens with one attached hydrogen (secondary N) is 1. The average molecular weight is 274 g/mol. The first-order valence-corrected chi connectivity index (χ1v) is 7.91. The lowest BCUT2D eigenvalue weighted by molar-refractivity contribution is 0.0393. The van der Waals surface area contributed by atoms with Crippen LogP contribution in [0.15, 0.2) is 24.3 Å². The van der Waals surface area contributed by atoms with Crippen LogP contribution in [0.3, 0.4) is 0 Å². The van der Waals surface area contributed by atoms with Gasteiger partial charge in [0.15, 0.2) is 0 Å². The zero-order chi connectivity index (χ0) is 14.8. The van der Waals surface area contributed by atoms with Crippen molar-refractivity contribution in [1.29, 1.82) is 0 Å². The second kappa shape index (κ2) is 6.28. The van der Waals surface area contributed by atoms with Crippen molar-refractivity contribution in [3.8, 4) is 0 Å². The van der Waals surface area contributed by atoms with Crippen molar-refractivity contribution in [2.24, 2.45) is 5.92 Å². The highest BCUT2D eigenvalue weighted by Gasteiger charge is 2.43. The largest absolute Gasteiger partial charge is 0.311 e. The first-order valence-electron chi connectivity index (χ1n) is 7.91. The Morgan fingerprint density at radius 2 is 1.90 bits per heavy atom. The lowest BCUT2D eigenvalue weighted by atomic mass is 9.69. The van der Waals surface area contributed by atoms with Gasteiger partial charge >= 0.3 is 0 Å². The number of rotatable bonds is 4. The maximum absolute atomic E-state index is 3.61. The van der Waals surface area contributed by atoms with Crippen LogP contribution in [-0.2, 0) is 0 Å². The van der Waals surface area contributed by atoms with Gasteiger partial charge in [-0.3, -0.25) is 0 Å². The topological polar surface area (TPSA) is 15.3 Å². The van der Waals surface area contributed by atoms with E-state index in [1.54, 1.807) is 0 Å². The molecule has 0 aliphatic heterocycles. The molecule has 1 N–H and O–H groups in total. The molecule has 2 nitrogen and oxygen atoms in total. The molecular formula is C18H30N2. The van der Waals surface area contributed by atoms with E-state index in [4.69, 9.17) is 0 Å². The second-order valence-corrected chi connectivity index (χ2v) is 6.83. The van der Waals surface area contributed by atoms with Crippen molar-refractivity contribution in [1.82, 2.24) is 10.2 Å². The molecule has 1 aromatic rings. The molecule has 3 atom stereocenters. The molecule has 20 heavy (non-hydrogen) atoms. The van der Waals surface area contributed by atoms with Crippen molar-refractivity contribution >= 4 is 0 Å². The summed E-state index contributed by atoms with van der Waals surface area (Å²) in [5.74, 6) is 0.812.